The molecule has 0 bridgehead atoms. The summed E-state index contributed by atoms with van der Waals surface area (Å²) in [5, 5.41) is 2.97. The van der Waals surface area contributed by atoms with E-state index in [1.807, 2.05) is 6.92 Å². The Labute approximate surface area is 158 Å². The summed E-state index contributed by atoms with van der Waals surface area (Å²) in [6.07, 6.45) is 1.87. The fourth-order valence-electron chi connectivity index (χ4n) is 2.45. The Balaban J connectivity index is 1.88. The Bertz CT molecular complexity index is 834. The highest BCUT2D eigenvalue weighted by Crippen LogP contribution is 2.20. The number of thioether (sulfide) groups is 1. The standard InChI is InChI=1S/C19H22FNO3S2/c1-3-18(15-6-10-17(11-7-15)26(2,23)24)21-19(22)13-25-12-14-4-8-16(20)9-5-14/h4-11,18H,3,12-13H2,1-2H3,(H,21,22)/t18-/m0/s1. The number of rotatable bonds is 8. The Morgan fingerprint density at radius 3 is 2.27 bits per heavy atom. The van der Waals surface area contributed by atoms with Crippen LogP contribution < -0.4 is 5.32 Å². The lowest BCUT2D eigenvalue weighted by Crippen LogP contribution is -2.29. The quantitative estimate of drug-likeness (QED) is 0.740. The molecule has 140 valence electrons. The van der Waals surface area contributed by atoms with E-state index in [1.54, 1.807) is 36.4 Å². The van der Waals surface area contributed by atoms with Crippen molar-refractivity contribution in [2.75, 3.05) is 12.0 Å². The number of sulfone groups is 1. The van der Waals surface area contributed by atoms with Gasteiger partial charge in [-0.3, -0.25) is 4.79 Å². The molecule has 0 saturated carbocycles. The first kappa shape index (κ1) is 20.5. The van der Waals surface area contributed by atoms with E-state index in [0.29, 0.717) is 17.9 Å². The molecule has 4 nitrogen and oxygen atoms in total. The molecule has 2 aromatic carbocycles. The van der Waals surface area contributed by atoms with Gasteiger partial charge in [0.1, 0.15) is 5.82 Å². The number of halogens is 1. The first-order chi connectivity index (χ1) is 12.3. The minimum atomic E-state index is -3.23. The fraction of sp³-hybridized carbons (Fsp3) is 0.316. The lowest BCUT2D eigenvalue weighted by Gasteiger charge is -2.17. The third kappa shape index (κ3) is 6.14. The van der Waals surface area contributed by atoms with Crippen molar-refractivity contribution in [2.45, 2.75) is 30.0 Å². The molecule has 0 aliphatic carbocycles. The van der Waals surface area contributed by atoms with Gasteiger partial charge in [0.25, 0.3) is 0 Å². The molecule has 2 rings (SSSR count). The number of benzene rings is 2. The molecule has 0 aromatic heterocycles. The Morgan fingerprint density at radius 1 is 1.12 bits per heavy atom. The van der Waals surface area contributed by atoms with Crippen molar-refractivity contribution >= 4 is 27.5 Å². The zero-order valence-electron chi connectivity index (χ0n) is 14.7. The molecule has 2 aromatic rings. The SMILES string of the molecule is CC[C@H](NC(=O)CSCc1ccc(F)cc1)c1ccc(S(C)(=O)=O)cc1. The largest absolute Gasteiger partial charge is 0.349 e. The highest BCUT2D eigenvalue weighted by molar-refractivity contribution is 7.99. The van der Waals surface area contributed by atoms with Crippen LogP contribution in [-0.2, 0) is 20.4 Å². The van der Waals surface area contributed by atoms with Crippen LogP contribution in [0.25, 0.3) is 0 Å². The van der Waals surface area contributed by atoms with Gasteiger partial charge in [-0.05, 0) is 41.8 Å². The van der Waals surface area contributed by atoms with Gasteiger partial charge in [0.05, 0.1) is 16.7 Å². The van der Waals surface area contributed by atoms with Crippen molar-refractivity contribution in [1.29, 1.82) is 0 Å². The number of carbonyl (C=O) groups excluding carboxylic acids is 1. The van der Waals surface area contributed by atoms with Crippen LogP contribution in [0.2, 0.25) is 0 Å². The molecule has 0 heterocycles. The molecule has 1 N–H and O–H groups in total. The van der Waals surface area contributed by atoms with Crippen LogP contribution >= 0.6 is 11.8 Å². The summed E-state index contributed by atoms with van der Waals surface area (Å²) < 4.78 is 35.9. The topological polar surface area (TPSA) is 63.2 Å². The van der Waals surface area contributed by atoms with Gasteiger partial charge in [-0.25, -0.2) is 12.8 Å². The summed E-state index contributed by atoms with van der Waals surface area (Å²) >= 11 is 1.46. The molecule has 0 spiro atoms. The van der Waals surface area contributed by atoms with E-state index in [1.165, 1.54) is 30.2 Å². The summed E-state index contributed by atoms with van der Waals surface area (Å²) in [5.41, 5.74) is 1.84. The summed E-state index contributed by atoms with van der Waals surface area (Å²) in [6, 6.07) is 12.6. The van der Waals surface area contributed by atoms with Gasteiger partial charge in [-0.2, -0.15) is 0 Å². The maximum Gasteiger partial charge on any atom is 0.230 e. The number of nitrogens with one attached hydrogen (secondary N) is 1. The molecule has 0 saturated heterocycles. The van der Waals surface area contributed by atoms with Crippen LogP contribution in [0.4, 0.5) is 4.39 Å². The molecule has 0 radical (unpaired) electrons. The van der Waals surface area contributed by atoms with E-state index < -0.39 is 9.84 Å². The van der Waals surface area contributed by atoms with E-state index in [-0.39, 0.29) is 22.7 Å². The Hall–Kier alpha value is -1.86. The second-order valence-electron chi connectivity index (χ2n) is 5.99. The van der Waals surface area contributed by atoms with Gasteiger partial charge in [0, 0.05) is 12.0 Å². The summed E-state index contributed by atoms with van der Waals surface area (Å²) in [4.78, 5) is 12.4. The molecule has 0 aliphatic rings. The van der Waals surface area contributed by atoms with E-state index >= 15 is 0 Å². The smallest absolute Gasteiger partial charge is 0.230 e. The summed E-state index contributed by atoms with van der Waals surface area (Å²) in [6.45, 7) is 1.96. The lowest BCUT2D eigenvalue weighted by molar-refractivity contribution is -0.119. The van der Waals surface area contributed by atoms with Crippen molar-refractivity contribution in [3.05, 3.63) is 65.5 Å². The molecule has 1 atom stereocenters. The van der Waals surface area contributed by atoms with Gasteiger partial charge < -0.3 is 5.32 Å². The second kappa shape index (κ2) is 9.19. The van der Waals surface area contributed by atoms with Crippen molar-refractivity contribution in [3.63, 3.8) is 0 Å². The van der Waals surface area contributed by atoms with Gasteiger partial charge in [-0.1, -0.05) is 31.2 Å². The minimum absolute atomic E-state index is 0.0869. The van der Waals surface area contributed by atoms with Crippen LogP contribution in [0.15, 0.2) is 53.4 Å². The minimum Gasteiger partial charge on any atom is -0.349 e. The zero-order chi connectivity index (χ0) is 19.2. The zero-order valence-corrected chi connectivity index (χ0v) is 16.4. The average Bonchev–Trinajstić information content (AvgIpc) is 2.61. The van der Waals surface area contributed by atoms with Crippen LogP contribution in [0.5, 0.6) is 0 Å². The Morgan fingerprint density at radius 2 is 1.73 bits per heavy atom. The van der Waals surface area contributed by atoms with E-state index in [4.69, 9.17) is 0 Å². The number of carbonyl (C=O) groups is 1. The molecular weight excluding hydrogens is 373 g/mol. The first-order valence-electron chi connectivity index (χ1n) is 8.21. The van der Waals surface area contributed by atoms with Crippen LogP contribution in [0.3, 0.4) is 0 Å². The monoisotopic (exact) mass is 395 g/mol. The molecular formula is C19H22FNO3S2. The van der Waals surface area contributed by atoms with Crippen LogP contribution in [0, 0.1) is 5.82 Å². The molecule has 0 aliphatic heterocycles. The molecule has 0 unspecified atom stereocenters. The number of hydrogen-bond acceptors (Lipinski definition) is 4. The molecule has 7 heteroatoms. The van der Waals surface area contributed by atoms with Crippen LogP contribution in [-0.4, -0.2) is 26.3 Å². The normalized spacial score (nSPS) is 12.6. The average molecular weight is 396 g/mol. The van der Waals surface area contributed by atoms with Crippen molar-refractivity contribution in [1.82, 2.24) is 5.32 Å². The van der Waals surface area contributed by atoms with Gasteiger partial charge in [0.2, 0.25) is 5.91 Å². The van der Waals surface area contributed by atoms with E-state index in [9.17, 15) is 17.6 Å². The summed E-state index contributed by atoms with van der Waals surface area (Å²) in [5.74, 6) is 0.573. The predicted octanol–water partition coefficient (Wildman–Crippen LogP) is 3.73. The summed E-state index contributed by atoms with van der Waals surface area (Å²) in [7, 11) is -3.23. The van der Waals surface area contributed by atoms with Crippen molar-refractivity contribution in [2.24, 2.45) is 0 Å². The van der Waals surface area contributed by atoms with E-state index in [2.05, 4.69) is 5.32 Å². The highest BCUT2D eigenvalue weighted by atomic mass is 32.2. The highest BCUT2D eigenvalue weighted by Gasteiger charge is 2.14. The van der Waals surface area contributed by atoms with Gasteiger partial charge in [0.15, 0.2) is 9.84 Å². The number of hydrogen-bond donors (Lipinski definition) is 1. The van der Waals surface area contributed by atoms with Gasteiger partial charge >= 0.3 is 0 Å². The third-order valence-electron chi connectivity index (χ3n) is 3.87. The van der Waals surface area contributed by atoms with Gasteiger partial charge in [-0.15, -0.1) is 11.8 Å². The fourth-order valence-corrected chi connectivity index (χ4v) is 3.88. The van der Waals surface area contributed by atoms with E-state index in [0.717, 1.165) is 11.1 Å². The predicted molar refractivity (Wildman–Crippen MR) is 103 cm³/mol. The van der Waals surface area contributed by atoms with Crippen LogP contribution in [0.1, 0.15) is 30.5 Å². The second-order valence-corrected chi connectivity index (χ2v) is 8.99. The maximum atomic E-state index is 12.9. The first-order valence-corrected chi connectivity index (χ1v) is 11.3. The molecule has 26 heavy (non-hydrogen) atoms. The molecule has 1 amide bonds. The Kier molecular flexibility index (Phi) is 7.23. The lowest BCUT2D eigenvalue weighted by atomic mass is 10.0. The third-order valence-corrected chi connectivity index (χ3v) is 6.00. The van der Waals surface area contributed by atoms with Crippen molar-refractivity contribution in [3.8, 4) is 0 Å². The molecule has 0 fully saturated rings. The van der Waals surface area contributed by atoms with Crippen molar-refractivity contribution < 1.29 is 17.6 Å². The number of amides is 1. The maximum absolute atomic E-state index is 12.9.